The Balaban J connectivity index is 1.69. The first kappa shape index (κ1) is 14.7. The van der Waals surface area contributed by atoms with Crippen LogP contribution in [0.1, 0.15) is 24.5 Å². The number of aromatic nitrogens is 1. The van der Waals surface area contributed by atoms with Crippen LogP contribution in [0.2, 0.25) is 0 Å². The fraction of sp³-hybridized carbons (Fsp3) is 0.421. The lowest BCUT2D eigenvalue weighted by Gasteiger charge is -2.47. The van der Waals surface area contributed by atoms with E-state index in [-0.39, 0.29) is 11.8 Å². The van der Waals surface area contributed by atoms with Crippen LogP contribution in [0.4, 0.5) is 0 Å². The van der Waals surface area contributed by atoms with Crippen LogP contribution < -0.4 is 4.90 Å². The lowest BCUT2D eigenvalue weighted by Crippen LogP contribution is -3.20. The molecule has 1 aromatic heterocycles. The molecule has 3 aliphatic heterocycles. The molecular weight excluding hydrogens is 288 g/mol. The van der Waals surface area contributed by atoms with Crippen molar-refractivity contribution in [2.24, 2.45) is 11.8 Å². The number of hydrogen-bond donors (Lipinski definition) is 3. The highest BCUT2D eigenvalue weighted by Crippen LogP contribution is 2.34. The number of hydrogen-bond acceptors (Lipinski definition) is 3. The normalized spacial score (nSPS) is 31.2. The molecule has 0 radical (unpaired) electrons. The Kier molecular flexibility index (Phi) is 3.58. The van der Waals surface area contributed by atoms with Crippen molar-refractivity contribution < 1.29 is 15.1 Å². The molecule has 2 aromatic rings. The average molecular weight is 311 g/mol. The summed E-state index contributed by atoms with van der Waals surface area (Å²) in [5.74, 6) is 1.44. The molecule has 5 rings (SSSR count). The molecule has 3 saturated heterocycles. The molecule has 3 aliphatic rings. The Bertz CT molecular complexity index is 745. The van der Waals surface area contributed by atoms with Gasteiger partial charge in [0.1, 0.15) is 17.9 Å². The van der Waals surface area contributed by atoms with E-state index in [1.165, 1.54) is 11.3 Å². The largest absolute Gasteiger partial charge is 0.508 e. The zero-order chi connectivity index (χ0) is 16.0. The van der Waals surface area contributed by atoms with Gasteiger partial charge in [0.15, 0.2) is 0 Å². The fourth-order valence-electron chi connectivity index (χ4n) is 4.54. The summed E-state index contributed by atoms with van der Waals surface area (Å²) in [6.07, 6.45) is 5.58. The summed E-state index contributed by atoms with van der Waals surface area (Å²) in [7, 11) is 0. The Labute approximate surface area is 136 Å². The molecular formula is C19H23N2O2+. The SMILES string of the molecule is C=C[C@H]1C[NH+]2CC[C@H]1C[C@H]2[C@H](O)c1ccnc2ccc(O)cc12. The highest BCUT2D eigenvalue weighted by atomic mass is 16.3. The number of aromatic hydroxyl groups is 1. The number of fused-ring (bicyclic) bond motifs is 4. The van der Waals surface area contributed by atoms with Gasteiger partial charge in [-0.3, -0.25) is 4.98 Å². The zero-order valence-electron chi connectivity index (χ0n) is 13.2. The standard InChI is InChI=1S/C19H22N2O2/c1-2-12-11-21-8-6-13(12)9-18(21)19(23)15-5-7-20-17-4-3-14(22)10-16(15)17/h2-5,7,10,12-13,18-19,22-23H,1,6,8-9,11H2/p+1/t12-,13-,18-,19+/m0/s1. The van der Waals surface area contributed by atoms with Gasteiger partial charge >= 0.3 is 0 Å². The second-order valence-electron chi connectivity index (χ2n) is 6.95. The molecule has 23 heavy (non-hydrogen) atoms. The van der Waals surface area contributed by atoms with Gasteiger partial charge in [-0.15, -0.1) is 6.58 Å². The minimum atomic E-state index is -0.522. The number of aliphatic hydroxyl groups is 1. The molecule has 0 aliphatic carbocycles. The molecule has 1 aromatic carbocycles. The third-order valence-corrected chi connectivity index (χ3v) is 5.78. The summed E-state index contributed by atoms with van der Waals surface area (Å²) in [5.41, 5.74) is 1.69. The summed E-state index contributed by atoms with van der Waals surface area (Å²) < 4.78 is 0. The Morgan fingerprint density at radius 2 is 2.22 bits per heavy atom. The number of nitrogens with zero attached hydrogens (tertiary/aromatic N) is 1. The van der Waals surface area contributed by atoms with Crippen LogP contribution in [0.5, 0.6) is 5.75 Å². The number of quaternary nitrogens is 1. The van der Waals surface area contributed by atoms with Crippen molar-refractivity contribution in [1.82, 2.24) is 4.98 Å². The van der Waals surface area contributed by atoms with Crippen LogP contribution in [0.15, 0.2) is 43.1 Å². The highest BCUT2D eigenvalue weighted by molar-refractivity contribution is 5.83. The van der Waals surface area contributed by atoms with E-state index in [9.17, 15) is 10.2 Å². The molecule has 2 bridgehead atoms. The number of phenolic OH excluding ortho intramolecular Hbond substituents is 1. The maximum Gasteiger partial charge on any atom is 0.131 e. The van der Waals surface area contributed by atoms with E-state index < -0.39 is 6.10 Å². The Morgan fingerprint density at radius 3 is 2.96 bits per heavy atom. The van der Waals surface area contributed by atoms with Gasteiger partial charge in [0.2, 0.25) is 0 Å². The van der Waals surface area contributed by atoms with Crippen molar-refractivity contribution in [1.29, 1.82) is 0 Å². The van der Waals surface area contributed by atoms with Gasteiger partial charge in [0, 0.05) is 30.3 Å². The van der Waals surface area contributed by atoms with Crippen molar-refractivity contribution in [2.45, 2.75) is 25.0 Å². The molecule has 4 heterocycles. The minimum Gasteiger partial charge on any atom is -0.508 e. The van der Waals surface area contributed by atoms with Crippen molar-refractivity contribution in [3.63, 3.8) is 0 Å². The average Bonchev–Trinajstić information content (AvgIpc) is 2.60. The first-order chi connectivity index (χ1) is 11.2. The third kappa shape index (κ3) is 2.42. The second kappa shape index (κ2) is 5.62. The van der Waals surface area contributed by atoms with E-state index >= 15 is 0 Å². The molecule has 4 heteroatoms. The molecule has 5 atom stereocenters. The maximum absolute atomic E-state index is 11.1. The fourth-order valence-corrected chi connectivity index (χ4v) is 4.54. The van der Waals surface area contributed by atoms with Gasteiger partial charge < -0.3 is 15.1 Å². The number of benzene rings is 1. The lowest BCUT2D eigenvalue weighted by atomic mass is 9.73. The van der Waals surface area contributed by atoms with Gasteiger partial charge in [0.05, 0.1) is 18.6 Å². The molecule has 0 amide bonds. The first-order valence-corrected chi connectivity index (χ1v) is 8.40. The minimum absolute atomic E-state index is 0.212. The van der Waals surface area contributed by atoms with Crippen molar-refractivity contribution in [3.05, 3.63) is 48.7 Å². The van der Waals surface area contributed by atoms with E-state index in [4.69, 9.17) is 0 Å². The molecule has 0 spiro atoms. The van der Waals surface area contributed by atoms with Crippen LogP contribution in [0, 0.1) is 11.8 Å². The second-order valence-corrected chi connectivity index (χ2v) is 6.95. The van der Waals surface area contributed by atoms with Gasteiger partial charge in [-0.2, -0.15) is 0 Å². The van der Waals surface area contributed by atoms with E-state index in [0.29, 0.717) is 11.8 Å². The first-order valence-electron chi connectivity index (χ1n) is 8.40. The quantitative estimate of drug-likeness (QED) is 0.752. The predicted octanol–water partition coefficient (Wildman–Crippen LogP) is 1.45. The van der Waals surface area contributed by atoms with Crippen molar-refractivity contribution >= 4 is 10.9 Å². The number of nitrogens with one attached hydrogen (secondary N) is 1. The van der Waals surface area contributed by atoms with Crippen LogP contribution in [-0.2, 0) is 0 Å². The Morgan fingerprint density at radius 1 is 1.35 bits per heavy atom. The molecule has 3 N–H and O–H groups in total. The summed E-state index contributed by atoms with van der Waals surface area (Å²) in [4.78, 5) is 5.82. The van der Waals surface area contributed by atoms with Crippen LogP contribution in [-0.4, -0.2) is 34.3 Å². The van der Waals surface area contributed by atoms with Gasteiger partial charge in [0.25, 0.3) is 0 Å². The van der Waals surface area contributed by atoms with Crippen molar-refractivity contribution in [2.75, 3.05) is 13.1 Å². The van der Waals surface area contributed by atoms with Crippen molar-refractivity contribution in [3.8, 4) is 5.75 Å². The maximum atomic E-state index is 11.1. The van der Waals surface area contributed by atoms with E-state index in [1.54, 1.807) is 24.4 Å². The zero-order valence-corrected chi connectivity index (χ0v) is 13.2. The summed E-state index contributed by atoms with van der Waals surface area (Å²) in [6.45, 7) is 6.17. The predicted molar refractivity (Wildman–Crippen MR) is 89.3 cm³/mol. The van der Waals surface area contributed by atoms with Crippen LogP contribution in [0.3, 0.4) is 0 Å². The number of phenols is 1. The van der Waals surface area contributed by atoms with Gasteiger partial charge in [-0.25, -0.2) is 0 Å². The Hall–Kier alpha value is -1.91. The van der Waals surface area contributed by atoms with E-state index in [1.807, 2.05) is 6.07 Å². The third-order valence-electron chi connectivity index (χ3n) is 5.78. The molecule has 1 unspecified atom stereocenters. The number of piperidine rings is 3. The number of rotatable bonds is 3. The summed E-state index contributed by atoms with van der Waals surface area (Å²) in [5, 5.41) is 21.7. The topological polar surface area (TPSA) is 57.8 Å². The van der Waals surface area contributed by atoms with Gasteiger partial charge in [-0.05, 0) is 35.7 Å². The molecule has 120 valence electrons. The molecule has 0 saturated carbocycles. The molecule has 3 fully saturated rings. The monoisotopic (exact) mass is 311 g/mol. The van der Waals surface area contributed by atoms with E-state index in [2.05, 4.69) is 17.6 Å². The van der Waals surface area contributed by atoms with E-state index in [0.717, 1.165) is 36.0 Å². The lowest BCUT2D eigenvalue weighted by molar-refractivity contribution is -0.949. The molecule has 4 nitrogen and oxygen atoms in total. The van der Waals surface area contributed by atoms with Crippen LogP contribution >= 0.6 is 0 Å². The van der Waals surface area contributed by atoms with Gasteiger partial charge in [-0.1, -0.05) is 6.08 Å². The summed E-state index contributed by atoms with van der Waals surface area (Å²) in [6, 6.07) is 7.25. The van der Waals surface area contributed by atoms with Crippen LogP contribution in [0.25, 0.3) is 10.9 Å². The summed E-state index contributed by atoms with van der Waals surface area (Å²) >= 11 is 0. The highest BCUT2D eigenvalue weighted by Gasteiger charge is 2.45. The number of pyridine rings is 1. The smallest absolute Gasteiger partial charge is 0.131 e. The number of aliphatic hydroxyl groups excluding tert-OH is 1.